The van der Waals surface area contributed by atoms with E-state index in [-0.39, 0.29) is 5.84 Å². The molecule has 2 aromatic carbocycles. The smallest absolute Gasteiger partial charge is 0.200 e. The van der Waals surface area contributed by atoms with Gasteiger partial charge < -0.3 is 5.84 Å². The van der Waals surface area contributed by atoms with Crippen molar-refractivity contribution in [1.82, 2.24) is 0 Å². The largest absolute Gasteiger partial charge is 0.321 e. The molecule has 0 aliphatic heterocycles. The van der Waals surface area contributed by atoms with Gasteiger partial charge in [-0.2, -0.15) is 5.10 Å². The van der Waals surface area contributed by atoms with Crippen LogP contribution in [0.15, 0.2) is 58.7 Å². The maximum atomic E-state index is 7.13. The summed E-state index contributed by atoms with van der Waals surface area (Å²) in [5.41, 5.74) is 11.1. The van der Waals surface area contributed by atoms with Crippen molar-refractivity contribution in [2.75, 3.05) is 0 Å². The number of amidine groups is 1. The summed E-state index contributed by atoms with van der Waals surface area (Å²) in [5.74, 6) is 5.50. The lowest BCUT2D eigenvalue weighted by Crippen LogP contribution is -2.02. The maximum Gasteiger partial charge on any atom is 0.200 e. The zero-order valence-corrected chi connectivity index (χ0v) is 11.8. The van der Waals surface area contributed by atoms with Crippen LogP contribution in [0, 0.1) is 5.53 Å². The number of hydrogen-bond donors (Lipinski definition) is 2. The van der Waals surface area contributed by atoms with Crippen molar-refractivity contribution in [1.29, 1.82) is 5.53 Å². The van der Waals surface area contributed by atoms with Gasteiger partial charge in [-0.05, 0) is 16.7 Å². The van der Waals surface area contributed by atoms with Crippen LogP contribution in [0.2, 0.25) is 0 Å². The van der Waals surface area contributed by atoms with Gasteiger partial charge in [-0.3, -0.25) is 0 Å². The van der Waals surface area contributed by atoms with Crippen LogP contribution in [-0.4, -0.2) is 5.84 Å². The number of nitrogens with two attached hydrogens (primary N) is 1. The lowest BCUT2D eigenvalue weighted by atomic mass is 9.98. The van der Waals surface area contributed by atoms with Crippen molar-refractivity contribution >= 4 is 21.8 Å². The van der Waals surface area contributed by atoms with Crippen LogP contribution in [0.5, 0.6) is 0 Å². The number of hydrogen-bond acceptors (Lipinski definition) is 3. The molecule has 2 aromatic rings. The van der Waals surface area contributed by atoms with Crippen molar-refractivity contribution in [2.24, 2.45) is 16.1 Å². The molecule has 0 atom stereocenters. The highest BCUT2D eigenvalue weighted by atomic mass is 79.9. The summed E-state index contributed by atoms with van der Waals surface area (Å²) >= 11 is 3.42. The molecular weight excluding hydrogens is 304 g/mol. The van der Waals surface area contributed by atoms with Crippen LogP contribution >= 0.6 is 15.9 Å². The van der Waals surface area contributed by atoms with E-state index < -0.39 is 0 Å². The van der Waals surface area contributed by atoms with Gasteiger partial charge in [0.05, 0.1) is 0 Å². The molecule has 0 aromatic heterocycles. The van der Waals surface area contributed by atoms with Crippen molar-refractivity contribution in [3.63, 3.8) is 0 Å². The minimum absolute atomic E-state index is 0.222. The Morgan fingerprint density at radius 2 is 1.79 bits per heavy atom. The summed E-state index contributed by atoms with van der Waals surface area (Å²) in [5, 5.41) is 7.74. The first-order valence-corrected chi connectivity index (χ1v) is 6.82. The summed E-state index contributed by atoms with van der Waals surface area (Å²) in [4.78, 5) is 0. The van der Waals surface area contributed by atoms with Crippen LogP contribution in [0.25, 0.3) is 11.1 Å². The molecule has 0 heterocycles. The zero-order valence-electron chi connectivity index (χ0n) is 10.2. The van der Waals surface area contributed by atoms with Gasteiger partial charge in [-0.1, -0.05) is 64.5 Å². The Morgan fingerprint density at radius 3 is 2.37 bits per heavy atom. The number of nitrogens with zero attached hydrogens (tertiary/aromatic N) is 2. The van der Waals surface area contributed by atoms with Gasteiger partial charge in [0.25, 0.3) is 0 Å². The van der Waals surface area contributed by atoms with Gasteiger partial charge in [0.2, 0.25) is 0 Å². The van der Waals surface area contributed by atoms with Gasteiger partial charge in [-0.25, -0.2) is 5.53 Å². The number of hydrazone groups is 1. The van der Waals surface area contributed by atoms with Crippen LogP contribution in [0.3, 0.4) is 0 Å². The molecule has 0 saturated carbocycles. The van der Waals surface area contributed by atoms with E-state index in [1.165, 1.54) is 5.56 Å². The van der Waals surface area contributed by atoms with E-state index in [1.807, 2.05) is 36.4 Å². The standard InChI is InChI=1S/C14H13BrN4/c15-9-10-5-7-11(8-6-10)12-3-1-2-4-13(12)14(18-16)19-17/h1-8,16H,9,17H2/b18-16?,19-14-. The Morgan fingerprint density at radius 1 is 1.11 bits per heavy atom. The van der Waals surface area contributed by atoms with Gasteiger partial charge >= 0.3 is 0 Å². The zero-order chi connectivity index (χ0) is 13.7. The summed E-state index contributed by atoms with van der Waals surface area (Å²) in [7, 11) is 0. The first-order chi connectivity index (χ1) is 9.30. The fourth-order valence-corrected chi connectivity index (χ4v) is 2.24. The predicted molar refractivity (Wildman–Crippen MR) is 80.4 cm³/mol. The highest BCUT2D eigenvalue weighted by Gasteiger charge is 2.09. The fourth-order valence-electron chi connectivity index (χ4n) is 1.86. The third kappa shape index (κ3) is 2.88. The summed E-state index contributed by atoms with van der Waals surface area (Å²) in [6, 6.07) is 15.8. The van der Waals surface area contributed by atoms with Crippen molar-refractivity contribution in [3.8, 4) is 11.1 Å². The summed E-state index contributed by atoms with van der Waals surface area (Å²) in [6.07, 6.45) is 0. The van der Waals surface area contributed by atoms with Crippen LogP contribution in [0.4, 0.5) is 0 Å². The molecule has 0 amide bonds. The molecule has 0 aliphatic carbocycles. The number of alkyl halides is 1. The molecule has 0 bridgehead atoms. The molecule has 4 nitrogen and oxygen atoms in total. The third-order valence-electron chi connectivity index (χ3n) is 2.82. The molecule has 5 heteroatoms. The van der Waals surface area contributed by atoms with Crippen LogP contribution in [0.1, 0.15) is 11.1 Å². The second-order valence-electron chi connectivity index (χ2n) is 3.94. The van der Waals surface area contributed by atoms with E-state index in [0.717, 1.165) is 22.0 Å². The van der Waals surface area contributed by atoms with E-state index in [4.69, 9.17) is 11.4 Å². The molecule has 96 valence electrons. The van der Waals surface area contributed by atoms with E-state index in [0.29, 0.717) is 0 Å². The maximum absolute atomic E-state index is 7.13. The SMILES string of the molecule is N=N/C(=N\N)c1ccccc1-c1ccc(CBr)cc1. The Kier molecular flexibility index (Phi) is 4.41. The first-order valence-electron chi connectivity index (χ1n) is 5.70. The lowest BCUT2D eigenvalue weighted by molar-refractivity contribution is 1.13. The Balaban J connectivity index is 2.52. The van der Waals surface area contributed by atoms with Crippen molar-refractivity contribution < 1.29 is 0 Å². The molecular formula is C14H13BrN4. The van der Waals surface area contributed by atoms with Crippen molar-refractivity contribution in [2.45, 2.75) is 5.33 Å². The quantitative estimate of drug-likeness (QED) is 0.221. The monoisotopic (exact) mass is 316 g/mol. The molecule has 19 heavy (non-hydrogen) atoms. The number of benzene rings is 2. The number of halogens is 1. The Labute approximate surface area is 120 Å². The topological polar surface area (TPSA) is 74.6 Å². The van der Waals surface area contributed by atoms with Gasteiger partial charge in [0.1, 0.15) is 0 Å². The minimum Gasteiger partial charge on any atom is -0.321 e. The average Bonchev–Trinajstić information content (AvgIpc) is 2.49. The second-order valence-corrected chi connectivity index (χ2v) is 4.50. The first kappa shape index (κ1) is 13.4. The number of rotatable bonds is 3. The molecule has 0 spiro atoms. The minimum atomic E-state index is 0.222. The highest BCUT2D eigenvalue weighted by molar-refractivity contribution is 9.08. The predicted octanol–water partition coefficient (Wildman–Crippen LogP) is 3.90. The normalized spacial score (nSPS) is 11.3. The van der Waals surface area contributed by atoms with Crippen molar-refractivity contribution in [3.05, 3.63) is 59.7 Å². The molecule has 0 radical (unpaired) electrons. The molecule has 0 aliphatic rings. The third-order valence-corrected chi connectivity index (χ3v) is 3.46. The van der Waals surface area contributed by atoms with Gasteiger partial charge in [0.15, 0.2) is 5.84 Å². The molecule has 3 N–H and O–H groups in total. The summed E-state index contributed by atoms with van der Waals surface area (Å²) < 4.78 is 0. The van der Waals surface area contributed by atoms with Crippen LogP contribution in [-0.2, 0) is 5.33 Å². The lowest BCUT2D eigenvalue weighted by Gasteiger charge is -2.08. The van der Waals surface area contributed by atoms with Gasteiger partial charge in [0, 0.05) is 10.9 Å². The van der Waals surface area contributed by atoms with E-state index in [1.54, 1.807) is 0 Å². The molecule has 0 unspecified atom stereocenters. The number of nitrogens with one attached hydrogen (secondary N) is 1. The Hall–Kier alpha value is -2.01. The molecule has 2 rings (SSSR count). The Bertz CT molecular complexity index is 605. The van der Waals surface area contributed by atoms with Gasteiger partial charge in [-0.15, -0.1) is 5.11 Å². The second kappa shape index (κ2) is 6.24. The van der Waals surface area contributed by atoms with E-state index >= 15 is 0 Å². The molecule has 0 saturated heterocycles. The van der Waals surface area contributed by atoms with E-state index in [2.05, 4.69) is 38.3 Å². The summed E-state index contributed by atoms with van der Waals surface area (Å²) in [6.45, 7) is 0. The molecule has 0 fully saturated rings. The average molecular weight is 317 g/mol. The van der Waals surface area contributed by atoms with E-state index in [9.17, 15) is 0 Å². The van der Waals surface area contributed by atoms with Crippen LogP contribution < -0.4 is 5.84 Å². The fraction of sp³-hybridized carbons (Fsp3) is 0.0714. The highest BCUT2D eigenvalue weighted by Crippen LogP contribution is 2.25.